The molecule has 0 spiro atoms. The largest absolute Gasteiger partial charge is 0.307 e. The lowest BCUT2D eigenvalue weighted by Gasteiger charge is -2.06. The van der Waals surface area contributed by atoms with Gasteiger partial charge in [-0.1, -0.05) is 44.9 Å². The van der Waals surface area contributed by atoms with E-state index in [4.69, 9.17) is 13.1 Å². The lowest BCUT2D eigenvalue weighted by Crippen LogP contribution is -1.91. The number of thiophene rings is 4. The molecule has 0 saturated carbocycles. The fourth-order valence-corrected chi connectivity index (χ4v) is 10.6. The van der Waals surface area contributed by atoms with Crippen molar-refractivity contribution in [1.82, 2.24) is 4.57 Å². The Balaban J connectivity index is 1.55. The van der Waals surface area contributed by atoms with Crippen LogP contribution in [0.5, 0.6) is 0 Å². The number of rotatable bonds is 11. The van der Waals surface area contributed by atoms with Crippen molar-refractivity contribution in [3.63, 3.8) is 0 Å². The molecule has 1 aromatic carbocycles. The smallest absolute Gasteiger partial charge is 0.263 e. The van der Waals surface area contributed by atoms with E-state index >= 15 is 0 Å². The first-order chi connectivity index (χ1) is 23.0. The molecule has 5 aromatic heterocycles. The van der Waals surface area contributed by atoms with Gasteiger partial charge in [0, 0.05) is 35.0 Å². The molecule has 5 heterocycles. The van der Waals surface area contributed by atoms with Crippen molar-refractivity contribution in [1.29, 1.82) is 10.5 Å². The minimum absolute atomic E-state index is 0.1000. The molecule has 0 radical (unpaired) electrons. The van der Waals surface area contributed by atoms with Gasteiger partial charge in [-0.2, -0.15) is 0 Å². The molecule has 47 heavy (non-hydrogen) atoms. The van der Waals surface area contributed by atoms with Crippen molar-refractivity contribution in [2.45, 2.75) is 52.4 Å². The molecule has 0 amide bonds. The number of hydrogen-bond donors (Lipinski definition) is 0. The maximum Gasteiger partial charge on any atom is 0.263 e. The zero-order chi connectivity index (χ0) is 32.9. The van der Waals surface area contributed by atoms with E-state index in [1.165, 1.54) is 51.1 Å². The number of para-hydroxylation sites is 1. The highest BCUT2D eigenvalue weighted by molar-refractivity contribution is 7.32. The minimum atomic E-state index is 0.1000. The number of aromatic nitrogens is 1. The zero-order valence-electron chi connectivity index (χ0n) is 26.0. The van der Waals surface area contributed by atoms with Crippen LogP contribution in [0.1, 0.15) is 60.4 Å². The van der Waals surface area contributed by atoms with Gasteiger partial charge < -0.3 is 4.57 Å². The highest BCUT2D eigenvalue weighted by Crippen LogP contribution is 2.50. The van der Waals surface area contributed by atoms with E-state index in [0.717, 1.165) is 54.0 Å². The number of aryl methyl sites for hydroxylation is 2. The van der Waals surface area contributed by atoms with Gasteiger partial charge >= 0.3 is 0 Å². The second-order valence-corrected chi connectivity index (χ2v) is 15.3. The number of unbranched alkanes of at least 4 members (excludes halogenated alkanes) is 2. The molecule has 6 aromatic rings. The van der Waals surface area contributed by atoms with Crippen molar-refractivity contribution in [2.75, 3.05) is 0 Å². The van der Waals surface area contributed by atoms with Gasteiger partial charge in [-0.25, -0.2) is 20.2 Å². The van der Waals surface area contributed by atoms with Crippen LogP contribution in [-0.4, -0.2) is 4.57 Å². The Bertz CT molecular complexity index is 2150. The van der Waals surface area contributed by atoms with Crippen LogP contribution in [-0.2, 0) is 12.8 Å². The van der Waals surface area contributed by atoms with Gasteiger partial charge in [-0.05, 0) is 85.4 Å². The summed E-state index contributed by atoms with van der Waals surface area (Å²) in [5.74, 6) is 0. The monoisotopic (exact) mass is 683 g/mol. The summed E-state index contributed by atoms with van der Waals surface area (Å²) in [5.41, 5.74) is 6.18. The summed E-state index contributed by atoms with van der Waals surface area (Å²) < 4.78 is 4.85. The first-order valence-corrected chi connectivity index (χ1v) is 18.7. The van der Waals surface area contributed by atoms with E-state index in [2.05, 4.69) is 76.6 Å². The number of allylic oxidation sites excluding steroid dienone is 2. The third-order valence-electron chi connectivity index (χ3n) is 7.86. The maximum atomic E-state index is 9.38. The van der Waals surface area contributed by atoms with Gasteiger partial charge in [-0.15, -0.1) is 45.3 Å². The van der Waals surface area contributed by atoms with Crippen molar-refractivity contribution in [3.05, 3.63) is 110 Å². The zero-order valence-corrected chi connectivity index (χ0v) is 29.2. The summed E-state index contributed by atoms with van der Waals surface area (Å²) in [4.78, 5) is 13.5. The van der Waals surface area contributed by atoms with Crippen molar-refractivity contribution in [2.24, 2.45) is 0 Å². The summed E-state index contributed by atoms with van der Waals surface area (Å²) >= 11 is 6.94. The van der Waals surface area contributed by atoms with E-state index in [0.29, 0.717) is 0 Å². The first-order valence-electron chi connectivity index (χ1n) is 15.4. The SMILES string of the molecule is [C-]#[N+]/C(C#N)=C\c1cc(CCCC)c(-c2cc3c(s2)c2sc(-c4sc(/C=C(\C#N)[N+]#[C-])cc4CCCC)cc2n3-c2ccccc2)s1. The van der Waals surface area contributed by atoms with Crippen LogP contribution in [0.4, 0.5) is 0 Å². The van der Waals surface area contributed by atoms with Gasteiger partial charge in [0.05, 0.1) is 45.7 Å². The lowest BCUT2D eigenvalue weighted by molar-refractivity contribution is 0.798. The molecular weight excluding hydrogens is 655 g/mol. The number of nitriles is 2. The minimum Gasteiger partial charge on any atom is -0.307 e. The summed E-state index contributed by atoms with van der Waals surface area (Å²) in [7, 11) is 0. The molecule has 0 N–H and O–H groups in total. The van der Waals surface area contributed by atoms with E-state index < -0.39 is 0 Å². The molecule has 0 unspecified atom stereocenters. The average molecular weight is 684 g/mol. The van der Waals surface area contributed by atoms with Crippen LogP contribution < -0.4 is 0 Å². The molecule has 0 fully saturated rings. The number of nitrogens with zero attached hydrogens (tertiary/aromatic N) is 5. The Labute approximate surface area is 290 Å². The Morgan fingerprint density at radius 2 is 1.19 bits per heavy atom. The average Bonchev–Trinajstić information content (AvgIpc) is 3.91. The summed E-state index contributed by atoms with van der Waals surface area (Å²) in [6.45, 7) is 19.1. The number of hydrogen-bond acceptors (Lipinski definition) is 6. The van der Waals surface area contributed by atoms with Crippen LogP contribution in [0.3, 0.4) is 0 Å². The Kier molecular flexibility index (Phi) is 9.84. The quantitative estimate of drug-likeness (QED) is 0.101. The summed E-state index contributed by atoms with van der Waals surface area (Å²) in [6.07, 6.45) is 9.64. The Morgan fingerprint density at radius 3 is 1.60 bits per heavy atom. The first kappa shape index (κ1) is 32.2. The predicted octanol–water partition coefficient (Wildman–Crippen LogP) is 12.6. The van der Waals surface area contributed by atoms with E-state index in [-0.39, 0.29) is 11.4 Å². The Hall–Kier alpha value is -4.74. The number of fused-ring (bicyclic) bond motifs is 3. The second kappa shape index (κ2) is 14.4. The topological polar surface area (TPSA) is 61.2 Å². The van der Waals surface area contributed by atoms with Crippen molar-refractivity contribution < 1.29 is 0 Å². The van der Waals surface area contributed by atoms with Crippen LogP contribution in [0.15, 0.2) is 66.0 Å². The van der Waals surface area contributed by atoms with Gasteiger partial charge in [0.15, 0.2) is 0 Å². The van der Waals surface area contributed by atoms with E-state index in [1.54, 1.807) is 34.8 Å². The normalized spacial score (nSPS) is 11.9. The molecule has 0 aliphatic rings. The van der Waals surface area contributed by atoms with E-state index in [9.17, 15) is 10.5 Å². The van der Waals surface area contributed by atoms with Crippen LogP contribution in [0, 0.1) is 35.8 Å². The van der Waals surface area contributed by atoms with Gasteiger partial charge in [0.25, 0.3) is 11.4 Å². The third kappa shape index (κ3) is 6.45. The predicted molar refractivity (Wildman–Crippen MR) is 201 cm³/mol. The van der Waals surface area contributed by atoms with Crippen LogP contribution in [0.25, 0.3) is 67.5 Å². The highest BCUT2D eigenvalue weighted by Gasteiger charge is 2.23. The second-order valence-electron chi connectivity index (χ2n) is 11.0. The molecule has 0 aliphatic carbocycles. The van der Waals surface area contributed by atoms with Crippen LogP contribution >= 0.6 is 45.3 Å². The van der Waals surface area contributed by atoms with Crippen molar-refractivity contribution in [3.8, 4) is 37.3 Å². The molecule has 0 aliphatic heterocycles. The molecule has 0 saturated heterocycles. The van der Waals surface area contributed by atoms with Gasteiger partial charge in [-0.3, -0.25) is 0 Å². The summed E-state index contributed by atoms with van der Waals surface area (Å²) in [5, 5.41) is 18.8. The van der Waals surface area contributed by atoms with E-state index in [1.807, 2.05) is 40.9 Å². The molecule has 0 bridgehead atoms. The van der Waals surface area contributed by atoms with Gasteiger partial charge in [0.1, 0.15) is 0 Å². The molecular formula is C38H29N5S4. The third-order valence-corrected chi connectivity index (χ3v) is 12.9. The van der Waals surface area contributed by atoms with Crippen LogP contribution in [0.2, 0.25) is 0 Å². The fraction of sp³-hybridized carbons (Fsp3) is 0.211. The molecule has 9 heteroatoms. The highest BCUT2D eigenvalue weighted by atomic mass is 32.1. The fourth-order valence-electron chi connectivity index (χ4n) is 5.64. The Morgan fingerprint density at radius 1 is 0.723 bits per heavy atom. The summed E-state index contributed by atoms with van der Waals surface area (Å²) in [6, 6.07) is 23.4. The number of benzene rings is 1. The standard InChI is InChI=1S/C38H29N5S4/c1-5-7-12-24-16-29(18-26(22-39)41-3)44-35(24)33-20-31-37(46-33)38-32(43(31)28-14-10-9-11-15-28)21-34(47-38)36-25(13-8-6-2)17-30(45-36)19-27(23-40)42-4/h9-11,14-21H,5-8,12-13H2,1-2H3/b26-18-,27-19+. The maximum absolute atomic E-state index is 9.38. The molecule has 5 nitrogen and oxygen atoms in total. The lowest BCUT2D eigenvalue weighted by atomic mass is 10.1. The molecule has 0 atom stereocenters. The molecule has 230 valence electrons. The molecule has 6 rings (SSSR count). The van der Waals surface area contributed by atoms with Crippen molar-refractivity contribution >= 4 is 77.9 Å². The van der Waals surface area contributed by atoms with Gasteiger partial charge in [0.2, 0.25) is 0 Å².